The van der Waals surface area contributed by atoms with Crippen molar-refractivity contribution in [2.75, 3.05) is 25.1 Å². The molecule has 1 aliphatic heterocycles. The molecule has 4 aromatic rings. The molecule has 3 heterocycles. The quantitative estimate of drug-likeness (QED) is 0.226. The summed E-state index contributed by atoms with van der Waals surface area (Å²) >= 11 is 7.55. The minimum Gasteiger partial charge on any atom is -0.448 e. The number of benzene rings is 2. The Morgan fingerprint density at radius 3 is 2.43 bits per heavy atom. The first-order valence-corrected chi connectivity index (χ1v) is 15.3. The number of nitrogens with one attached hydrogen (secondary N) is 1. The molecule has 0 spiro atoms. The van der Waals surface area contributed by atoms with Gasteiger partial charge in [-0.25, -0.2) is 4.79 Å². The van der Waals surface area contributed by atoms with Gasteiger partial charge in [-0.3, -0.25) is 9.69 Å². The molecule has 1 fully saturated rings. The van der Waals surface area contributed by atoms with Crippen LogP contribution in [0.1, 0.15) is 65.1 Å². The normalized spacial score (nSPS) is 16.4. The topological polar surface area (TPSA) is 96.7 Å². The van der Waals surface area contributed by atoms with Gasteiger partial charge in [-0.15, -0.1) is 11.3 Å². The maximum absolute atomic E-state index is 13.5. The lowest BCUT2D eigenvalue weighted by Gasteiger charge is -2.24. The number of fused-ring (bicyclic) bond motifs is 3. The highest BCUT2D eigenvalue weighted by Crippen LogP contribution is 2.45. The lowest BCUT2D eigenvalue weighted by atomic mass is 9.94. The van der Waals surface area contributed by atoms with Gasteiger partial charge in [-0.1, -0.05) is 60.1 Å². The molecule has 10 heteroatoms. The van der Waals surface area contributed by atoms with Crippen LogP contribution in [0, 0.1) is 5.41 Å². The van der Waals surface area contributed by atoms with Crippen LogP contribution in [0.4, 0.5) is 10.6 Å². The Morgan fingerprint density at radius 1 is 1.10 bits per heavy atom. The zero-order chi connectivity index (χ0) is 29.4. The van der Waals surface area contributed by atoms with Crippen molar-refractivity contribution in [2.45, 2.75) is 45.2 Å². The van der Waals surface area contributed by atoms with E-state index in [9.17, 15) is 14.7 Å². The van der Waals surface area contributed by atoms with Crippen LogP contribution in [0.25, 0.3) is 11.1 Å². The van der Waals surface area contributed by atoms with Gasteiger partial charge in [-0.2, -0.15) is 9.78 Å². The molecule has 218 valence electrons. The fourth-order valence-corrected chi connectivity index (χ4v) is 6.82. The van der Waals surface area contributed by atoms with Gasteiger partial charge < -0.3 is 15.2 Å². The molecule has 8 nitrogen and oxygen atoms in total. The van der Waals surface area contributed by atoms with E-state index >= 15 is 0 Å². The molecule has 1 atom stereocenters. The third-order valence-corrected chi connectivity index (χ3v) is 9.36. The minimum atomic E-state index is -1.03. The summed E-state index contributed by atoms with van der Waals surface area (Å²) in [5.74, 6) is 0.135. The highest BCUT2D eigenvalue weighted by Gasteiger charge is 2.37. The number of aliphatic hydroxyl groups excluding tert-OH is 1. The lowest BCUT2D eigenvalue weighted by Crippen LogP contribution is -2.35. The predicted molar refractivity (Wildman–Crippen MR) is 164 cm³/mol. The number of rotatable bonds is 8. The lowest BCUT2D eigenvalue weighted by molar-refractivity contribution is 0.0614. The molecule has 1 unspecified atom stereocenters. The van der Waals surface area contributed by atoms with Gasteiger partial charge in [0.25, 0.3) is 5.91 Å². The Kier molecular flexibility index (Phi) is 7.83. The zero-order valence-electron chi connectivity index (χ0n) is 23.5. The largest absolute Gasteiger partial charge is 0.448 e. The Labute approximate surface area is 253 Å². The summed E-state index contributed by atoms with van der Waals surface area (Å²) in [6.45, 7) is 4.27. The summed E-state index contributed by atoms with van der Waals surface area (Å²) in [5, 5.41) is 17.8. The van der Waals surface area contributed by atoms with Crippen molar-refractivity contribution < 1.29 is 19.4 Å². The highest BCUT2D eigenvalue weighted by molar-refractivity contribution is 7.16. The standard InChI is InChI=1S/C32H33ClN4O4S/c1-32(2,19-38)30(39)37-29(34-17-20-13-14-28(33)42-20)16-26(35-37)27-12-7-15-36(27)31(40)41-18-25-23-10-5-3-8-21(23)22-9-4-6-11-24(22)25/h3-6,8-11,13-14,16,25,27,34,38H,7,12,15,17-19H2,1-2H3. The molecule has 0 saturated carbocycles. The van der Waals surface area contributed by atoms with Gasteiger partial charge in [0.15, 0.2) is 0 Å². The van der Waals surface area contributed by atoms with Gasteiger partial charge in [0.05, 0.1) is 34.6 Å². The van der Waals surface area contributed by atoms with Gasteiger partial charge in [-0.05, 0) is 61.1 Å². The number of aliphatic hydroxyl groups is 1. The van der Waals surface area contributed by atoms with Crippen molar-refractivity contribution in [3.05, 3.63) is 92.8 Å². The number of carbonyl (C=O) groups excluding carboxylic acids is 2. The summed E-state index contributed by atoms with van der Waals surface area (Å²) in [6, 6.07) is 21.8. The van der Waals surface area contributed by atoms with Crippen LogP contribution >= 0.6 is 22.9 Å². The molecule has 6 rings (SSSR count). The van der Waals surface area contributed by atoms with Crippen LogP contribution in [-0.2, 0) is 11.3 Å². The first kappa shape index (κ1) is 28.5. The van der Waals surface area contributed by atoms with E-state index in [1.54, 1.807) is 18.7 Å². The number of likely N-dealkylation sites (tertiary alicyclic amines) is 1. The summed E-state index contributed by atoms with van der Waals surface area (Å²) in [7, 11) is 0. The first-order valence-electron chi connectivity index (χ1n) is 14.1. The van der Waals surface area contributed by atoms with Gasteiger partial charge in [0.1, 0.15) is 12.4 Å². The number of thiophene rings is 1. The van der Waals surface area contributed by atoms with Crippen LogP contribution in [0.5, 0.6) is 0 Å². The fraction of sp³-hybridized carbons (Fsp3) is 0.344. The Bertz CT molecular complexity index is 1580. The summed E-state index contributed by atoms with van der Waals surface area (Å²) < 4.78 is 7.96. The van der Waals surface area contributed by atoms with Gasteiger partial charge in [0.2, 0.25) is 0 Å². The Balaban J connectivity index is 1.22. The van der Waals surface area contributed by atoms with Crippen molar-refractivity contribution in [3.63, 3.8) is 0 Å². The van der Waals surface area contributed by atoms with Crippen molar-refractivity contribution in [3.8, 4) is 11.1 Å². The summed E-state index contributed by atoms with van der Waals surface area (Å²) in [4.78, 5) is 29.6. The maximum Gasteiger partial charge on any atom is 0.410 e. The van der Waals surface area contributed by atoms with Crippen LogP contribution in [0.2, 0.25) is 4.34 Å². The van der Waals surface area contributed by atoms with E-state index < -0.39 is 11.5 Å². The molecular weight excluding hydrogens is 572 g/mol. The molecule has 1 saturated heterocycles. The second kappa shape index (κ2) is 11.6. The maximum atomic E-state index is 13.5. The fourth-order valence-electron chi connectivity index (χ4n) is 5.79. The van der Waals surface area contributed by atoms with Gasteiger partial charge >= 0.3 is 6.09 Å². The van der Waals surface area contributed by atoms with E-state index in [1.165, 1.54) is 27.1 Å². The molecule has 2 aromatic heterocycles. The summed E-state index contributed by atoms with van der Waals surface area (Å²) in [6.07, 6.45) is 1.12. The van der Waals surface area contributed by atoms with Crippen molar-refractivity contribution in [2.24, 2.45) is 5.41 Å². The molecule has 1 amide bonds. The first-order chi connectivity index (χ1) is 20.3. The number of anilines is 1. The van der Waals surface area contributed by atoms with E-state index in [-0.39, 0.29) is 31.1 Å². The molecule has 2 aromatic carbocycles. The molecule has 0 radical (unpaired) electrons. The third-order valence-electron chi connectivity index (χ3n) is 8.13. The van der Waals surface area contributed by atoms with Crippen LogP contribution in [0.3, 0.4) is 0 Å². The second-order valence-electron chi connectivity index (χ2n) is 11.4. The van der Waals surface area contributed by atoms with E-state index in [0.717, 1.165) is 22.4 Å². The predicted octanol–water partition coefficient (Wildman–Crippen LogP) is 6.95. The highest BCUT2D eigenvalue weighted by atomic mass is 35.5. The smallest absolute Gasteiger partial charge is 0.410 e. The number of aromatic nitrogens is 2. The number of nitrogens with zero attached hydrogens (tertiary/aromatic N) is 3. The molecule has 42 heavy (non-hydrogen) atoms. The van der Waals surface area contributed by atoms with Crippen LogP contribution < -0.4 is 5.32 Å². The van der Waals surface area contributed by atoms with E-state index in [2.05, 4.69) is 34.7 Å². The number of carbonyl (C=O) groups is 2. The number of amides is 1. The average molecular weight is 605 g/mol. The number of halogens is 1. The molecule has 2 aliphatic rings. The molecule has 2 N–H and O–H groups in total. The van der Waals surface area contributed by atoms with E-state index in [0.29, 0.717) is 35.4 Å². The number of ether oxygens (including phenoxy) is 1. The van der Waals surface area contributed by atoms with Crippen LogP contribution in [0.15, 0.2) is 66.7 Å². The van der Waals surface area contributed by atoms with Crippen LogP contribution in [-0.4, -0.2) is 51.5 Å². The molecular formula is C32H33ClN4O4S. The van der Waals surface area contributed by atoms with Gasteiger partial charge in [0, 0.05) is 23.4 Å². The van der Waals surface area contributed by atoms with E-state index in [1.807, 2.05) is 42.5 Å². The third kappa shape index (κ3) is 5.32. The van der Waals surface area contributed by atoms with E-state index in [4.69, 9.17) is 16.3 Å². The van der Waals surface area contributed by atoms with Crippen molar-refractivity contribution >= 4 is 40.8 Å². The monoisotopic (exact) mass is 604 g/mol. The average Bonchev–Trinajstić information content (AvgIpc) is 3.79. The number of hydrogen-bond donors (Lipinski definition) is 2. The summed E-state index contributed by atoms with van der Waals surface area (Å²) in [5.41, 5.74) is 4.26. The zero-order valence-corrected chi connectivity index (χ0v) is 25.1. The number of hydrogen-bond acceptors (Lipinski definition) is 7. The Morgan fingerprint density at radius 2 is 1.79 bits per heavy atom. The minimum absolute atomic E-state index is 0.0264. The SMILES string of the molecule is CC(C)(CO)C(=O)n1nc(C2CCCN2C(=O)OCC2c3ccccc3-c3ccccc32)cc1NCc1ccc(Cl)s1. The van der Waals surface area contributed by atoms with Crippen molar-refractivity contribution in [1.29, 1.82) is 0 Å². The second-order valence-corrected chi connectivity index (χ2v) is 13.2. The molecule has 0 bridgehead atoms. The van der Waals surface area contributed by atoms with Crippen molar-refractivity contribution in [1.82, 2.24) is 14.7 Å². The molecule has 1 aliphatic carbocycles. The Hall–Kier alpha value is -3.66.